The Morgan fingerprint density at radius 3 is 2.62 bits per heavy atom. The molecule has 0 bridgehead atoms. The molecule has 4 aromatic rings. The standard InChI is InChI=1S/C28H36N8O/c1-5-20(6-2)22-12-28(34-30-14-22)33-27-8-7-25-26(32-27)11-21(13-29-25)23-15-31-36(16-23)9-10-37-24-17-35(18-24)19(3)4/h7-8,11-16,19-20,24H,5-6,9-10,17-18H2,1-4H3,(H,32,33,34). The highest BCUT2D eigenvalue weighted by atomic mass is 16.5. The molecule has 0 aromatic carbocycles. The number of likely N-dealkylation sites (tertiary alicyclic amines) is 1. The van der Waals surface area contributed by atoms with Gasteiger partial charge in [0.25, 0.3) is 0 Å². The van der Waals surface area contributed by atoms with Crippen LogP contribution in [0, 0.1) is 0 Å². The summed E-state index contributed by atoms with van der Waals surface area (Å²) < 4.78 is 7.91. The molecule has 0 spiro atoms. The Balaban J connectivity index is 1.24. The predicted molar refractivity (Wildman–Crippen MR) is 146 cm³/mol. The first-order valence-electron chi connectivity index (χ1n) is 13.3. The van der Waals surface area contributed by atoms with Gasteiger partial charge in [0.2, 0.25) is 0 Å². The molecular formula is C28H36N8O. The Labute approximate surface area is 218 Å². The van der Waals surface area contributed by atoms with Crippen molar-refractivity contribution in [3.63, 3.8) is 0 Å². The van der Waals surface area contributed by atoms with Gasteiger partial charge < -0.3 is 10.1 Å². The van der Waals surface area contributed by atoms with Gasteiger partial charge in [-0.1, -0.05) is 13.8 Å². The summed E-state index contributed by atoms with van der Waals surface area (Å²) in [5.74, 6) is 1.89. The number of nitrogens with zero attached hydrogens (tertiary/aromatic N) is 7. The quantitative estimate of drug-likeness (QED) is 0.306. The summed E-state index contributed by atoms with van der Waals surface area (Å²) >= 11 is 0. The number of nitrogens with one attached hydrogen (secondary N) is 1. The van der Waals surface area contributed by atoms with E-state index < -0.39 is 0 Å². The van der Waals surface area contributed by atoms with Gasteiger partial charge in [-0.2, -0.15) is 10.2 Å². The minimum Gasteiger partial charge on any atom is -0.374 e. The Morgan fingerprint density at radius 2 is 1.84 bits per heavy atom. The van der Waals surface area contributed by atoms with Crippen LogP contribution in [0.2, 0.25) is 0 Å². The van der Waals surface area contributed by atoms with Crippen LogP contribution in [-0.4, -0.2) is 66.7 Å². The van der Waals surface area contributed by atoms with Crippen molar-refractivity contribution >= 4 is 22.7 Å². The molecule has 0 amide bonds. The van der Waals surface area contributed by atoms with Crippen molar-refractivity contribution in [3.8, 4) is 11.1 Å². The Morgan fingerprint density at radius 1 is 1.00 bits per heavy atom. The molecule has 1 aliphatic heterocycles. The summed E-state index contributed by atoms with van der Waals surface area (Å²) in [6, 6.07) is 8.58. The van der Waals surface area contributed by atoms with Gasteiger partial charge in [-0.15, -0.1) is 5.10 Å². The molecule has 9 nitrogen and oxygen atoms in total. The lowest BCUT2D eigenvalue weighted by Gasteiger charge is -2.41. The Hall–Kier alpha value is -3.43. The fraction of sp³-hybridized carbons (Fsp3) is 0.464. The van der Waals surface area contributed by atoms with Crippen molar-refractivity contribution in [2.75, 3.05) is 25.0 Å². The molecule has 0 saturated carbocycles. The molecule has 0 atom stereocenters. The van der Waals surface area contributed by atoms with Crippen LogP contribution in [0.15, 0.2) is 49.1 Å². The van der Waals surface area contributed by atoms with Gasteiger partial charge in [-0.25, -0.2) is 4.98 Å². The summed E-state index contributed by atoms with van der Waals surface area (Å²) in [6.07, 6.45) is 10.1. The molecule has 37 heavy (non-hydrogen) atoms. The Kier molecular flexibility index (Phi) is 7.71. The van der Waals surface area contributed by atoms with E-state index in [-0.39, 0.29) is 0 Å². The van der Waals surface area contributed by atoms with Crippen LogP contribution in [0.3, 0.4) is 0 Å². The SMILES string of the molecule is CCC(CC)c1cnnc(Nc2ccc3ncc(-c4cnn(CCOC5CN(C(C)C)C5)c4)cc3n2)c1. The highest BCUT2D eigenvalue weighted by molar-refractivity contribution is 5.81. The molecule has 1 aliphatic rings. The van der Waals surface area contributed by atoms with E-state index in [0.717, 1.165) is 54.6 Å². The summed E-state index contributed by atoms with van der Waals surface area (Å²) in [6.45, 7) is 12.3. The van der Waals surface area contributed by atoms with Crippen molar-refractivity contribution in [2.24, 2.45) is 0 Å². The second-order valence-electron chi connectivity index (χ2n) is 10.0. The number of rotatable bonds is 11. The second-order valence-corrected chi connectivity index (χ2v) is 10.0. The first-order chi connectivity index (χ1) is 18.0. The van der Waals surface area contributed by atoms with Crippen LogP contribution in [0.1, 0.15) is 52.0 Å². The van der Waals surface area contributed by atoms with Crippen LogP contribution < -0.4 is 5.32 Å². The highest BCUT2D eigenvalue weighted by Gasteiger charge is 2.28. The molecule has 4 aromatic heterocycles. The third-order valence-corrected chi connectivity index (χ3v) is 7.17. The zero-order valence-corrected chi connectivity index (χ0v) is 22.1. The van der Waals surface area contributed by atoms with E-state index in [2.05, 4.69) is 64.3 Å². The molecular weight excluding hydrogens is 464 g/mol. The highest BCUT2D eigenvalue weighted by Crippen LogP contribution is 2.26. The number of anilines is 2. The molecule has 9 heteroatoms. The van der Waals surface area contributed by atoms with Crippen molar-refractivity contribution in [3.05, 3.63) is 54.6 Å². The fourth-order valence-corrected chi connectivity index (χ4v) is 4.74. The molecule has 194 valence electrons. The number of pyridine rings is 2. The van der Waals surface area contributed by atoms with Crippen LogP contribution in [0.5, 0.6) is 0 Å². The lowest BCUT2D eigenvalue weighted by Crippen LogP contribution is -2.55. The first kappa shape index (κ1) is 25.2. The van der Waals surface area contributed by atoms with Crippen molar-refractivity contribution in [1.82, 2.24) is 34.8 Å². The third-order valence-electron chi connectivity index (χ3n) is 7.17. The first-order valence-corrected chi connectivity index (χ1v) is 13.3. The van der Waals surface area contributed by atoms with Crippen LogP contribution in [0.25, 0.3) is 22.2 Å². The van der Waals surface area contributed by atoms with Gasteiger partial charge in [-0.05, 0) is 62.4 Å². The maximum absolute atomic E-state index is 5.99. The van der Waals surface area contributed by atoms with E-state index in [1.54, 1.807) is 0 Å². The van der Waals surface area contributed by atoms with Gasteiger partial charge in [0.05, 0.1) is 42.7 Å². The van der Waals surface area contributed by atoms with Gasteiger partial charge in [0, 0.05) is 42.7 Å². The van der Waals surface area contributed by atoms with E-state index in [0.29, 0.717) is 36.3 Å². The molecule has 0 radical (unpaired) electrons. The molecule has 1 N–H and O–H groups in total. The Bertz CT molecular complexity index is 1330. The third kappa shape index (κ3) is 5.94. The van der Waals surface area contributed by atoms with Gasteiger partial charge in [-0.3, -0.25) is 14.6 Å². The fourth-order valence-electron chi connectivity index (χ4n) is 4.74. The molecule has 5 rings (SSSR count). The van der Waals surface area contributed by atoms with Crippen LogP contribution >= 0.6 is 0 Å². The monoisotopic (exact) mass is 500 g/mol. The smallest absolute Gasteiger partial charge is 0.154 e. The summed E-state index contributed by atoms with van der Waals surface area (Å²) in [5.41, 5.74) is 4.82. The zero-order valence-electron chi connectivity index (χ0n) is 22.1. The maximum Gasteiger partial charge on any atom is 0.154 e. The number of aromatic nitrogens is 6. The lowest BCUT2D eigenvalue weighted by atomic mass is 9.96. The largest absolute Gasteiger partial charge is 0.374 e. The van der Waals surface area contributed by atoms with Crippen molar-refractivity contribution < 1.29 is 4.74 Å². The van der Waals surface area contributed by atoms with Crippen LogP contribution in [-0.2, 0) is 11.3 Å². The molecule has 1 saturated heterocycles. The van der Waals surface area contributed by atoms with Crippen LogP contribution in [0.4, 0.5) is 11.6 Å². The number of hydrogen-bond donors (Lipinski definition) is 1. The van der Waals surface area contributed by atoms with E-state index in [1.165, 1.54) is 5.56 Å². The summed E-state index contributed by atoms with van der Waals surface area (Å²) in [7, 11) is 0. The summed E-state index contributed by atoms with van der Waals surface area (Å²) in [5, 5.41) is 16.3. The minimum absolute atomic E-state index is 0.337. The predicted octanol–water partition coefficient (Wildman–Crippen LogP) is 5.04. The molecule has 5 heterocycles. The maximum atomic E-state index is 5.99. The summed E-state index contributed by atoms with van der Waals surface area (Å²) in [4.78, 5) is 11.8. The van der Waals surface area contributed by atoms with Gasteiger partial charge in [0.1, 0.15) is 5.82 Å². The van der Waals surface area contributed by atoms with E-state index in [9.17, 15) is 0 Å². The average Bonchev–Trinajstić information content (AvgIpc) is 3.35. The molecule has 0 unspecified atom stereocenters. The molecule has 0 aliphatic carbocycles. The van der Waals surface area contributed by atoms with Gasteiger partial charge in [0.15, 0.2) is 5.82 Å². The van der Waals surface area contributed by atoms with E-state index in [4.69, 9.17) is 9.72 Å². The lowest BCUT2D eigenvalue weighted by molar-refractivity contribution is -0.0688. The van der Waals surface area contributed by atoms with Crippen molar-refractivity contribution in [2.45, 2.75) is 65.1 Å². The number of fused-ring (bicyclic) bond motifs is 1. The molecule has 1 fully saturated rings. The normalized spacial score (nSPS) is 14.5. The minimum atomic E-state index is 0.337. The van der Waals surface area contributed by atoms with E-state index in [1.807, 2.05) is 47.7 Å². The number of ether oxygens (including phenoxy) is 1. The van der Waals surface area contributed by atoms with E-state index >= 15 is 0 Å². The second kappa shape index (κ2) is 11.3. The number of hydrogen-bond acceptors (Lipinski definition) is 8. The van der Waals surface area contributed by atoms with Crippen molar-refractivity contribution in [1.29, 1.82) is 0 Å². The topological polar surface area (TPSA) is 93.9 Å². The average molecular weight is 501 g/mol. The van der Waals surface area contributed by atoms with Gasteiger partial charge >= 0.3 is 0 Å². The zero-order chi connectivity index (χ0) is 25.8.